The number of carbonyl (C=O) groups is 2. The molecule has 6 nitrogen and oxygen atoms in total. The summed E-state index contributed by atoms with van der Waals surface area (Å²) in [4.78, 5) is 23.2. The van der Waals surface area contributed by atoms with Crippen LogP contribution in [0, 0.1) is 0 Å². The molecule has 25 heavy (non-hydrogen) atoms. The number of ether oxygens (including phenoxy) is 1. The van der Waals surface area contributed by atoms with E-state index in [0.717, 1.165) is 11.4 Å². The Morgan fingerprint density at radius 1 is 0.960 bits per heavy atom. The molecule has 0 spiro atoms. The van der Waals surface area contributed by atoms with Crippen LogP contribution in [0.4, 0.5) is 17.1 Å². The summed E-state index contributed by atoms with van der Waals surface area (Å²) in [5.74, 6) is 0.409. The minimum absolute atomic E-state index is 0.0921. The van der Waals surface area contributed by atoms with Crippen LogP contribution in [0.25, 0.3) is 0 Å². The largest absolute Gasteiger partial charge is 0.491 e. The summed E-state index contributed by atoms with van der Waals surface area (Å²) in [5, 5.41) is 8.53. The highest BCUT2D eigenvalue weighted by molar-refractivity contribution is 5.95. The highest BCUT2D eigenvalue weighted by atomic mass is 16.5. The molecule has 0 unspecified atom stereocenters. The molecule has 0 aliphatic rings. The van der Waals surface area contributed by atoms with E-state index in [2.05, 4.69) is 16.0 Å². The van der Waals surface area contributed by atoms with Gasteiger partial charge in [0.1, 0.15) is 5.75 Å². The van der Waals surface area contributed by atoms with Crippen LogP contribution in [0.3, 0.4) is 0 Å². The van der Waals surface area contributed by atoms with Crippen molar-refractivity contribution in [2.75, 3.05) is 22.5 Å². The van der Waals surface area contributed by atoms with Crippen LogP contribution in [0.5, 0.6) is 5.75 Å². The zero-order valence-corrected chi connectivity index (χ0v) is 14.6. The van der Waals surface area contributed by atoms with Crippen molar-refractivity contribution >= 4 is 28.9 Å². The van der Waals surface area contributed by atoms with Crippen LogP contribution in [0.1, 0.15) is 20.8 Å². The summed E-state index contributed by atoms with van der Waals surface area (Å²) >= 11 is 0. The van der Waals surface area contributed by atoms with Gasteiger partial charge in [-0.15, -0.1) is 0 Å². The van der Waals surface area contributed by atoms with Gasteiger partial charge in [-0.2, -0.15) is 0 Å². The summed E-state index contributed by atoms with van der Waals surface area (Å²) in [6, 6.07) is 14.5. The third-order valence-electron chi connectivity index (χ3n) is 3.13. The van der Waals surface area contributed by atoms with Crippen molar-refractivity contribution in [1.29, 1.82) is 0 Å². The quantitative estimate of drug-likeness (QED) is 0.720. The highest BCUT2D eigenvalue weighted by Crippen LogP contribution is 2.19. The molecule has 2 rings (SSSR count). The molecule has 3 N–H and O–H groups in total. The van der Waals surface area contributed by atoms with Gasteiger partial charge < -0.3 is 20.7 Å². The lowest BCUT2D eigenvalue weighted by atomic mass is 10.2. The minimum atomic E-state index is -0.185. The second-order valence-electron chi connectivity index (χ2n) is 5.86. The third-order valence-corrected chi connectivity index (χ3v) is 3.13. The van der Waals surface area contributed by atoms with Gasteiger partial charge in [-0.1, -0.05) is 12.1 Å². The van der Waals surface area contributed by atoms with E-state index in [4.69, 9.17) is 4.74 Å². The Bertz CT molecular complexity index is 744. The van der Waals surface area contributed by atoms with Crippen molar-refractivity contribution in [1.82, 2.24) is 0 Å². The van der Waals surface area contributed by atoms with Crippen molar-refractivity contribution in [3.05, 3.63) is 48.5 Å². The Hall–Kier alpha value is -3.02. The molecule has 2 aromatic carbocycles. The molecule has 0 aliphatic heterocycles. The maximum Gasteiger partial charge on any atom is 0.243 e. The van der Waals surface area contributed by atoms with Crippen LogP contribution < -0.4 is 20.7 Å². The lowest BCUT2D eigenvalue weighted by Crippen LogP contribution is -2.21. The fraction of sp³-hybridized carbons (Fsp3) is 0.263. The van der Waals surface area contributed by atoms with E-state index in [1.807, 2.05) is 38.1 Å². The van der Waals surface area contributed by atoms with E-state index in [-0.39, 0.29) is 24.5 Å². The molecule has 0 fully saturated rings. The van der Waals surface area contributed by atoms with Crippen LogP contribution in [-0.4, -0.2) is 24.5 Å². The predicted octanol–water partition coefficient (Wildman–Crippen LogP) is 3.48. The predicted molar refractivity (Wildman–Crippen MR) is 100 cm³/mol. The van der Waals surface area contributed by atoms with Gasteiger partial charge in [0.2, 0.25) is 11.8 Å². The lowest BCUT2D eigenvalue weighted by Gasteiger charge is -2.12. The molecule has 132 valence electrons. The first kappa shape index (κ1) is 18.3. The normalized spacial score (nSPS) is 10.2. The number of hydrogen-bond acceptors (Lipinski definition) is 4. The molecular weight excluding hydrogens is 318 g/mol. The number of carbonyl (C=O) groups excluding carboxylic acids is 2. The average Bonchev–Trinajstić information content (AvgIpc) is 2.52. The van der Waals surface area contributed by atoms with E-state index in [1.165, 1.54) is 6.92 Å². The number of benzene rings is 2. The first-order valence-corrected chi connectivity index (χ1v) is 8.10. The summed E-state index contributed by atoms with van der Waals surface area (Å²) in [7, 11) is 0. The van der Waals surface area contributed by atoms with Gasteiger partial charge in [0.15, 0.2) is 0 Å². The Kier molecular flexibility index (Phi) is 6.39. The summed E-state index contributed by atoms with van der Waals surface area (Å²) in [6.45, 7) is 5.48. The Morgan fingerprint density at radius 2 is 1.60 bits per heavy atom. The smallest absolute Gasteiger partial charge is 0.243 e. The average molecular weight is 341 g/mol. The maximum atomic E-state index is 12.1. The zero-order chi connectivity index (χ0) is 18.2. The van der Waals surface area contributed by atoms with Gasteiger partial charge in [-0.25, -0.2) is 0 Å². The molecule has 0 heterocycles. The number of nitrogens with one attached hydrogen (secondary N) is 3. The van der Waals surface area contributed by atoms with Crippen molar-refractivity contribution in [2.45, 2.75) is 26.9 Å². The van der Waals surface area contributed by atoms with Crippen molar-refractivity contribution in [2.24, 2.45) is 0 Å². The minimum Gasteiger partial charge on any atom is -0.491 e. The summed E-state index contributed by atoms with van der Waals surface area (Å²) in [6.07, 6.45) is 0.0921. The van der Waals surface area contributed by atoms with Crippen LogP contribution in [0.15, 0.2) is 48.5 Å². The molecule has 0 bridgehead atoms. The summed E-state index contributed by atoms with van der Waals surface area (Å²) in [5.41, 5.74) is 2.06. The SMILES string of the molecule is CC(=O)Nc1cccc(NC(=O)CNc2cccc(OC(C)C)c2)c1. The second-order valence-corrected chi connectivity index (χ2v) is 5.86. The second kappa shape index (κ2) is 8.73. The number of amides is 2. The summed E-state index contributed by atoms with van der Waals surface area (Å²) < 4.78 is 5.63. The Labute approximate surface area is 147 Å². The molecule has 6 heteroatoms. The fourth-order valence-corrected chi connectivity index (χ4v) is 2.22. The number of anilines is 3. The molecule has 0 aliphatic carbocycles. The third kappa shape index (κ3) is 6.55. The molecule has 0 radical (unpaired) electrons. The van der Waals surface area contributed by atoms with Crippen molar-refractivity contribution < 1.29 is 14.3 Å². The molecule has 2 aromatic rings. The Balaban J connectivity index is 1.89. The van der Waals surface area contributed by atoms with Crippen LogP contribution in [-0.2, 0) is 9.59 Å². The highest BCUT2D eigenvalue weighted by Gasteiger charge is 2.05. The molecule has 0 aromatic heterocycles. The van der Waals surface area contributed by atoms with Gasteiger partial charge in [0.25, 0.3) is 0 Å². The van der Waals surface area contributed by atoms with E-state index in [9.17, 15) is 9.59 Å². The molecule has 2 amide bonds. The van der Waals surface area contributed by atoms with E-state index in [0.29, 0.717) is 11.4 Å². The van der Waals surface area contributed by atoms with E-state index >= 15 is 0 Å². The molecular formula is C19H23N3O3. The molecule has 0 atom stereocenters. The topological polar surface area (TPSA) is 79.5 Å². The van der Waals surface area contributed by atoms with Crippen molar-refractivity contribution in [3.8, 4) is 5.75 Å². The van der Waals surface area contributed by atoms with E-state index in [1.54, 1.807) is 24.3 Å². The molecule has 0 saturated heterocycles. The monoisotopic (exact) mass is 341 g/mol. The number of rotatable bonds is 7. The number of hydrogen-bond donors (Lipinski definition) is 3. The van der Waals surface area contributed by atoms with Crippen LogP contribution in [0.2, 0.25) is 0 Å². The fourth-order valence-electron chi connectivity index (χ4n) is 2.22. The van der Waals surface area contributed by atoms with Crippen LogP contribution >= 0.6 is 0 Å². The maximum absolute atomic E-state index is 12.1. The first-order valence-electron chi connectivity index (χ1n) is 8.10. The zero-order valence-electron chi connectivity index (χ0n) is 14.6. The molecule has 0 saturated carbocycles. The standard InChI is InChI=1S/C19H23N3O3/c1-13(2)25-18-9-5-6-15(11-18)20-12-19(24)22-17-8-4-7-16(10-17)21-14(3)23/h4-11,13,20H,12H2,1-3H3,(H,21,23)(H,22,24). The Morgan fingerprint density at radius 3 is 2.28 bits per heavy atom. The van der Waals surface area contributed by atoms with Gasteiger partial charge >= 0.3 is 0 Å². The van der Waals surface area contributed by atoms with Gasteiger partial charge in [0.05, 0.1) is 12.6 Å². The first-order chi connectivity index (χ1) is 11.9. The lowest BCUT2D eigenvalue weighted by molar-refractivity contribution is -0.115. The van der Waals surface area contributed by atoms with Gasteiger partial charge in [-0.05, 0) is 44.2 Å². The van der Waals surface area contributed by atoms with Gasteiger partial charge in [0, 0.05) is 30.1 Å². The van der Waals surface area contributed by atoms with E-state index < -0.39 is 0 Å². The van der Waals surface area contributed by atoms with Crippen molar-refractivity contribution in [3.63, 3.8) is 0 Å². The van der Waals surface area contributed by atoms with Gasteiger partial charge in [-0.3, -0.25) is 9.59 Å².